The molecule has 1 aliphatic carbocycles. The summed E-state index contributed by atoms with van der Waals surface area (Å²) in [4.78, 5) is 31.6. The lowest BCUT2D eigenvalue weighted by Gasteiger charge is -2.30. The van der Waals surface area contributed by atoms with Gasteiger partial charge in [0.05, 0.1) is 17.4 Å². The summed E-state index contributed by atoms with van der Waals surface area (Å²) in [7, 11) is 0. The minimum absolute atomic E-state index is 0.0658. The quantitative estimate of drug-likeness (QED) is 0.609. The summed E-state index contributed by atoms with van der Waals surface area (Å²) in [5.74, 6) is 0.827. The van der Waals surface area contributed by atoms with Gasteiger partial charge in [-0.2, -0.15) is 0 Å². The second-order valence-electron chi connectivity index (χ2n) is 8.92. The van der Waals surface area contributed by atoms with Crippen LogP contribution in [0.5, 0.6) is 0 Å². The van der Waals surface area contributed by atoms with Crippen LogP contribution >= 0.6 is 11.6 Å². The average molecular weight is 451 g/mol. The smallest absolute Gasteiger partial charge is 0.254 e. The number of nitrogens with zero attached hydrogens (tertiary/aromatic N) is 3. The number of rotatable bonds is 6. The van der Waals surface area contributed by atoms with E-state index < -0.39 is 0 Å². The number of imidazole rings is 1. The van der Waals surface area contributed by atoms with Gasteiger partial charge in [0.2, 0.25) is 5.91 Å². The van der Waals surface area contributed by atoms with Gasteiger partial charge in [0.15, 0.2) is 0 Å². The lowest BCUT2D eigenvalue weighted by atomic mass is 9.81. The molecule has 6 nitrogen and oxygen atoms in total. The Labute approximate surface area is 192 Å². The largest absolute Gasteiger partial charge is 0.354 e. The standard InChI is InChI=1S/C25H27ClN4O2/c26-20-9-10-23-22(13-20)28-16-29(23)12-11-27-24(31)18-7-5-17(6-8-18)14-30-15-19-3-1-2-4-21(19)25(30)32/h1-4,9-10,13,16-18H,5-8,11-12,14-15H2,(H,27,31). The van der Waals surface area contributed by atoms with E-state index in [9.17, 15) is 9.59 Å². The van der Waals surface area contributed by atoms with Crippen molar-refractivity contribution < 1.29 is 9.59 Å². The van der Waals surface area contributed by atoms with E-state index in [0.717, 1.165) is 54.4 Å². The van der Waals surface area contributed by atoms with Gasteiger partial charge in [0.25, 0.3) is 5.91 Å². The summed E-state index contributed by atoms with van der Waals surface area (Å²) >= 11 is 6.02. The molecule has 0 saturated heterocycles. The van der Waals surface area contributed by atoms with Crippen molar-refractivity contribution in [2.75, 3.05) is 13.1 Å². The molecule has 1 N–H and O–H groups in total. The van der Waals surface area contributed by atoms with E-state index in [1.54, 1.807) is 6.33 Å². The molecule has 3 aromatic rings. The fourth-order valence-electron chi connectivity index (χ4n) is 5.04. The van der Waals surface area contributed by atoms with E-state index >= 15 is 0 Å². The Morgan fingerprint density at radius 3 is 2.75 bits per heavy atom. The third kappa shape index (κ3) is 4.24. The Balaban J connectivity index is 1.07. The van der Waals surface area contributed by atoms with Crippen LogP contribution in [0.15, 0.2) is 48.8 Å². The molecule has 2 aliphatic rings. The fraction of sp³-hybridized carbons (Fsp3) is 0.400. The first-order valence-electron chi connectivity index (χ1n) is 11.3. The second-order valence-corrected chi connectivity index (χ2v) is 9.36. The van der Waals surface area contributed by atoms with Crippen molar-refractivity contribution in [3.63, 3.8) is 0 Å². The maximum Gasteiger partial charge on any atom is 0.254 e. The van der Waals surface area contributed by atoms with Gasteiger partial charge in [-0.3, -0.25) is 9.59 Å². The van der Waals surface area contributed by atoms with Crippen molar-refractivity contribution in [1.29, 1.82) is 0 Å². The first kappa shape index (κ1) is 21.0. The number of amides is 2. The molecule has 0 unspecified atom stereocenters. The molecular weight excluding hydrogens is 424 g/mol. The molecule has 0 bridgehead atoms. The average Bonchev–Trinajstić information content (AvgIpc) is 3.34. The van der Waals surface area contributed by atoms with Gasteiger partial charge in [0, 0.05) is 42.7 Å². The molecule has 0 spiro atoms. The van der Waals surface area contributed by atoms with Gasteiger partial charge in [-0.1, -0.05) is 29.8 Å². The van der Waals surface area contributed by atoms with Crippen LogP contribution in [0.3, 0.4) is 0 Å². The van der Waals surface area contributed by atoms with Crippen molar-refractivity contribution in [3.05, 3.63) is 64.9 Å². The lowest BCUT2D eigenvalue weighted by Crippen LogP contribution is -2.37. The third-order valence-electron chi connectivity index (χ3n) is 6.83. The molecule has 1 saturated carbocycles. The summed E-state index contributed by atoms with van der Waals surface area (Å²) in [6.07, 6.45) is 5.54. The van der Waals surface area contributed by atoms with Gasteiger partial charge in [-0.15, -0.1) is 0 Å². The number of benzene rings is 2. The van der Waals surface area contributed by atoms with E-state index in [4.69, 9.17) is 11.6 Å². The number of fused-ring (bicyclic) bond motifs is 2. The molecule has 0 radical (unpaired) electrons. The number of hydrogen-bond donors (Lipinski definition) is 1. The van der Waals surface area contributed by atoms with Crippen molar-refractivity contribution in [2.24, 2.45) is 11.8 Å². The Hall–Kier alpha value is -2.86. The van der Waals surface area contributed by atoms with Crippen molar-refractivity contribution >= 4 is 34.4 Å². The zero-order chi connectivity index (χ0) is 22.1. The van der Waals surface area contributed by atoms with Crippen LogP contribution in [0.25, 0.3) is 11.0 Å². The second kappa shape index (κ2) is 8.94. The Morgan fingerprint density at radius 1 is 1.12 bits per heavy atom. The fourth-order valence-corrected chi connectivity index (χ4v) is 5.21. The van der Waals surface area contributed by atoms with Gasteiger partial charge >= 0.3 is 0 Å². The number of carbonyl (C=O) groups is 2. The van der Waals surface area contributed by atoms with E-state index in [1.807, 2.05) is 51.9 Å². The van der Waals surface area contributed by atoms with Gasteiger partial charge in [0.1, 0.15) is 0 Å². The minimum atomic E-state index is 0.0658. The first-order chi connectivity index (χ1) is 15.6. The maximum absolute atomic E-state index is 12.7. The highest BCUT2D eigenvalue weighted by atomic mass is 35.5. The molecule has 2 amide bonds. The number of aromatic nitrogens is 2. The van der Waals surface area contributed by atoms with Crippen molar-refractivity contribution in [1.82, 2.24) is 19.8 Å². The molecule has 32 heavy (non-hydrogen) atoms. The Bertz CT molecular complexity index is 1150. The predicted octanol–water partition coefficient (Wildman–Crippen LogP) is 4.27. The van der Waals surface area contributed by atoms with Crippen molar-refractivity contribution in [2.45, 2.75) is 38.8 Å². The molecule has 5 rings (SSSR count). The Morgan fingerprint density at radius 2 is 1.94 bits per heavy atom. The number of halogens is 1. The van der Waals surface area contributed by atoms with E-state index in [2.05, 4.69) is 10.3 Å². The van der Waals surface area contributed by atoms with Gasteiger partial charge < -0.3 is 14.8 Å². The SMILES string of the molecule is O=C(NCCn1cnc2cc(Cl)ccc21)C1CCC(CN2Cc3ccccc3C2=O)CC1. The molecule has 1 fully saturated rings. The zero-order valence-electron chi connectivity index (χ0n) is 18.0. The molecule has 1 aromatic heterocycles. The van der Waals surface area contributed by atoms with E-state index in [-0.39, 0.29) is 17.7 Å². The highest BCUT2D eigenvalue weighted by Crippen LogP contribution is 2.32. The summed E-state index contributed by atoms with van der Waals surface area (Å²) < 4.78 is 2.04. The number of nitrogens with one attached hydrogen (secondary N) is 1. The predicted molar refractivity (Wildman–Crippen MR) is 124 cm³/mol. The molecule has 166 valence electrons. The number of carbonyl (C=O) groups excluding carboxylic acids is 2. The summed E-state index contributed by atoms with van der Waals surface area (Å²) in [5.41, 5.74) is 3.85. The van der Waals surface area contributed by atoms with Crippen LogP contribution in [0.2, 0.25) is 5.02 Å². The van der Waals surface area contributed by atoms with Gasteiger partial charge in [-0.25, -0.2) is 4.98 Å². The lowest BCUT2D eigenvalue weighted by molar-refractivity contribution is -0.126. The zero-order valence-corrected chi connectivity index (χ0v) is 18.7. The molecule has 7 heteroatoms. The number of hydrogen-bond acceptors (Lipinski definition) is 3. The summed E-state index contributed by atoms with van der Waals surface area (Å²) in [6.45, 7) is 2.76. The monoisotopic (exact) mass is 450 g/mol. The maximum atomic E-state index is 12.7. The molecular formula is C25H27ClN4O2. The summed E-state index contributed by atoms with van der Waals surface area (Å²) in [5, 5.41) is 3.77. The van der Waals surface area contributed by atoms with Gasteiger partial charge in [-0.05, 0) is 61.4 Å². The highest BCUT2D eigenvalue weighted by molar-refractivity contribution is 6.31. The molecule has 2 heterocycles. The topological polar surface area (TPSA) is 67.2 Å². The van der Waals surface area contributed by atoms with E-state index in [1.165, 1.54) is 0 Å². The van der Waals surface area contributed by atoms with Crippen LogP contribution in [-0.2, 0) is 17.9 Å². The van der Waals surface area contributed by atoms with Crippen LogP contribution in [0, 0.1) is 11.8 Å². The first-order valence-corrected chi connectivity index (χ1v) is 11.7. The summed E-state index contributed by atoms with van der Waals surface area (Å²) in [6, 6.07) is 13.5. The molecule has 2 aromatic carbocycles. The van der Waals surface area contributed by atoms with E-state index in [0.29, 0.717) is 30.6 Å². The van der Waals surface area contributed by atoms with Crippen molar-refractivity contribution in [3.8, 4) is 0 Å². The minimum Gasteiger partial charge on any atom is -0.354 e. The highest BCUT2D eigenvalue weighted by Gasteiger charge is 2.31. The third-order valence-corrected chi connectivity index (χ3v) is 7.06. The molecule has 0 atom stereocenters. The van der Waals surface area contributed by atoms with Crippen LogP contribution < -0.4 is 5.32 Å². The molecule has 1 aliphatic heterocycles. The van der Waals surface area contributed by atoms with Crippen LogP contribution in [0.1, 0.15) is 41.6 Å². The van der Waals surface area contributed by atoms with Crippen LogP contribution in [-0.4, -0.2) is 39.4 Å². The van der Waals surface area contributed by atoms with Crippen LogP contribution in [0.4, 0.5) is 0 Å². The Kier molecular flexibility index (Phi) is 5.87. The normalized spacial score (nSPS) is 20.5.